The van der Waals surface area contributed by atoms with Gasteiger partial charge in [-0.3, -0.25) is 4.72 Å². The van der Waals surface area contributed by atoms with Crippen molar-refractivity contribution in [3.8, 4) is 0 Å². The van der Waals surface area contributed by atoms with Crippen molar-refractivity contribution in [3.05, 3.63) is 29.8 Å². The molecule has 0 fully saturated rings. The summed E-state index contributed by atoms with van der Waals surface area (Å²) >= 11 is 0. The molecule has 0 spiro atoms. The molecule has 1 atom stereocenters. The summed E-state index contributed by atoms with van der Waals surface area (Å²) in [5, 5.41) is 12.8. The quantitative estimate of drug-likeness (QED) is 0.702. The Balaban J connectivity index is 2.78. The van der Waals surface area contributed by atoms with Crippen LogP contribution >= 0.6 is 0 Å². The summed E-state index contributed by atoms with van der Waals surface area (Å²) in [4.78, 5) is 0. The lowest BCUT2D eigenvalue weighted by molar-refractivity contribution is 0.168. The van der Waals surface area contributed by atoms with Gasteiger partial charge >= 0.3 is 0 Å². The zero-order valence-corrected chi connectivity index (χ0v) is 10.8. The topological polar surface area (TPSA) is 78.4 Å². The van der Waals surface area contributed by atoms with Crippen LogP contribution in [0.15, 0.2) is 24.3 Å². The molecule has 0 radical (unpaired) electrons. The summed E-state index contributed by atoms with van der Waals surface area (Å²) in [6, 6.07) is 6.77. The Hall–Kier alpha value is -1.11. The van der Waals surface area contributed by atoms with Crippen molar-refractivity contribution in [1.29, 1.82) is 0 Å². The van der Waals surface area contributed by atoms with Gasteiger partial charge in [-0.05, 0) is 37.7 Å². The third-order valence-electron chi connectivity index (χ3n) is 2.24. The van der Waals surface area contributed by atoms with Crippen LogP contribution in [-0.4, -0.2) is 33.4 Å². The zero-order valence-electron chi connectivity index (χ0n) is 9.97. The third-order valence-corrected chi connectivity index (χ3v) is 2.85. The van der Waals surface area contributed by atoms with Gasteiger partial charge in [-0.15, -0.1) is 0 Å². The summed E-state index contributed by atoms with van der Waals surface area (Å²) in [6.45, 7) is 0.699. The van der Waals surface area contributed by atoms with Crippen molar-refractivity contribution in [2.75, 3.05) is 24.6 Å². The van der Waals surface area contributed by atoms with Crippen LogP contribution in [0.1, 0.15) is 18.1 Å². The standard InChI is InChI=1S/C11H18N2O3S/c1-12-7-6-11(14)9-4-3-5-10(8-9)13-17(2,15)16/h3-5,8,11-14H,6-7H2,1-2H3/t11-/m0/s1. The predicted octanol–water partition coefficient (Wildman–Crippen LogP) is 0.701. The molecular weight excluding hydrogens is 240 g/mol. The maximum Gasteiger partial charge on any atom is 0.229 e. The monoisotopic (exact) mass is 258 g/mol. The van der Waals surface area contributed by atoms with E-state index in [-0.39, 0.29) is 0 Å². The van der Waals surface area contributed by atoms with Crippen LogP contribution in [0.3, 0.4) is 0 Å². The molecule has 1 aromatic carbocycles. The minimum Gasteiger partial charge on any atom is -0.388 e. The summed E-state index contributed by atoms with van der Waals surface area (Å²) in [7, 11) is -1.47. The van der Waals surface area contributed by atoms with Gasteiger partial charge in [0.2, 0.25) is 10.0 Å². The van der Waals surface area contributed by atoms with Crippen molar-refractivity contribution in [2.24, 2.45) is 0 Å². The lowest BCUT2D eigenvalue weighted by Crippen LogP contribution is -2.13. The highest BCUT2D eigenvalue weighted by molar-refractivity contribution is 7.92. The van der Waals surface area contributed by atoms with E-state index < -0.39 is 16.1 Å². The van der Waals surface area contributed by atoms with E-state index in [2.05, 4.69) is 10.0 Å². The molecule has 0 unspecified atom stereocenters. The fourth-order valence-corrected chi connectivity index (χ4v) is 2.03. The molecule has 1 rings (SSSR count). The summed E-state index contributed by atoms with van der Waals surface area (Å²) in [6.07, 6.45) is 1.08. The van der Waals surface area contributed by atoms with Crippen molar-refractivity contribution in [2.45, 2.75) is 12.5 Å². The molecule has 5 nitrogen and oxygen atoms in total. The Bertz CT molecular complexity index is 460. The maximum absolute atomic E-state index is 11.1. The van der Waals surface area contributed by atoms with Gasteiger partial charge in [0.15, 0.2) is 0 Å². The second kappa shape index (κ2) is 6.00. The number of hydrogen-bond donors (Lipinski definition) is 3. The maximum atomic E-state index is 11.1. The van der Waals surface area contributed by atoms with Crippen LogP contribution in [0, 0.1) is 0 Å². The smallest absolute Gasteiger partial charge is 0.229 e. The summed E-state index contributed by atoms with van der Waals surface area (Å²) < 4.78 is 24.5. The highest BCUT2D eigenvalue weighted by Crippen LogP contribution is 2.20. The molecule has 0 aliphatic carbocycles. The van der Waals surface area contributed by atoms with Crippen molar-refractivity contribution in [1.82, 2.24) is 5.32 Å². The summed E-state index contributed by atoms with van der Waals surface area (Å²) in [5.74, 6) is 0. The molecule has 0 aliphatic rings. The van der Waals surface area contributed by atoms with Crippen LogP contribution in [0.4, 0.5) is 5.69 Å². The Morgan fingerprint density at radius 3 is 2.71 bits per heavy atom. The number of aliphatic hydroxyl groups is 1. The number of hydrogen-bond acceptors (Lipinski definition) is 4. The van der Waals surface area contributed by atoms with Crippen molar-refractivity contribution < 1.29 is 13.5 Å². The largest absolute Gasteiger partial charge is 0.388 e. The van der Waals surface area contributed by atoms with E-state index in [4.69, 9.17) is 0 Å². The van der Waals surface area contributed by atoms with E-state index in [9.17, 15) is 13.5 Å². The lowest BCUT2D eigenvalue weighted by Gasteiger charge is -2.12. The van der Waals surface area contributed by atoms with Crippen LogP contribution in [0.5, 0.6) is 0 Å². The first-order valence-corrected chi connectivity index (χ1v) is 7.22. The average Bonchev–Trinajstić information content (AvgIpc) is 2.24. The molecule has 0 aliphatic heterocycles. The van der Waals surface area contributed by atoms with Gasteiger partial charge in [0.05, 0.1) is 12.4 Å². The van der Waals surface area contributed by atoms with Gasteiger partial charge in [0, 0.05) is 5.69 Å². The second-order valence-electron chi connectivity index (χ2n) is 3.91. The van der Waals surface area contributed by atoms with E-state index >= 15 is 0 Å². The molecule has 6 heteroatoms. The number of nitrogens with one attached hydrogen (secondary N) is 2. The first-order valence-electron chi connectivity index (χ1n) is 5.33. The highest BCUT2D eigenvalue weighted by Gasteiger charge is 2.08. The molecule has 1 aromatic rings. The van der Waals surface area contributed by atoms with Crippen LogP contribution in [-0.2, 0) is 10.0 Å². The second-order valence-corrected chi connectivity index (χ2v) is 5.66. The van der Waals surface area contributed by atoms with Gasteiger partial charge in [0.25, 0.3) is 0 Å². The number of aliphatic hydroxyl groups excluding tert-OH is 1. The number of anilines is 1. The molecule has 0 bridgehead atoms. The Labute approximate surface area is 102 Å². The molecule has 0 heterocycles. The minimum atomic E-state index is -3.28. The number of sulfonamides is 1. The number of rotatable bonds is 6. The van der Waals surface area contributed by atoms with Gasteiger partial charge in [-0.1, -0.05) is 12.1 Å². The Kier molecular flexibility index (Phi) is 4.92. The fourth-order valence-electron chi connectivity index (χ4n) is 1.47. The zero-order chi connectivity index (χ0) is 12.9. The van der Waals surface area contributed by atoms with Crippen molar-refractivity contribution in [3.63, 3.8) is 0 Å². The lowest BCUT2D eigenvalue weighted by atomic mass is 10.1. The molecule has 0 amide bonds. The normalized spacial score (nSPS) is 13.4. The van der Waals surface area contributed by atoms with E-state index in [0.717, 1.165) is 6.26 Å². The molecule has 3 N–H and O–H groups in total. The Morgan fingerprint density at radius 1 is 1.41 bits per heavy atom. The molecule has 17 heavy (non-hydrogen) atoms. The van der Waals surface area contributed by atoms with Crippen LogP contribution in [0.25, 0.3) is 0 Å². The van der Waals surface area contributed by atoms with E-state index in [1.54, 1.807) is 24.3 Å². The minimum absolute atomic E-state index is 0.466. The van der Waals surface area contributed by atoms with Crippen molar-refractivity contribution >= 4 is 15.7 Å². The Morgan fingerprint density at radius 2 is 2.12 bits per heavy atom. The first kappa shape index (κ1) is 14.0. The summed E-state index contributed by atoms with van der Waals surface area (Å²) in [5.41, 5.74) is 1.17. The predicted molar refractivity (Wildman–Crippen MR) is 68.4 cm³/mol. The first-order chi connectivity index (χ1) is 7.92. The number of benzene rings is 1. The SMILES string of the molecule is CNCC[C@H](O)c1cccc(NS(C)(=O)=O)c1. The highest BCUT2D eigenvalue weighted by atomic mass is 32.2. The van der Waals surface area contributed by atoms with Gasteiger partial charge in [-0.25, -0.2) is 8.42 Å². The van der Waals surface area contributed by atoms with E-state index in [1.807, 2.05) is 7.05 Å². The van der Waals surface area contributed by atoms with Crippen LogP contribution < -0.4 is 10.0 Å². The molecule has 0 saturated heterocycles. The van der Waals surface area contributed by atoms with Crippen LogP contribution in [0.2, 0.25) is 0 Å². The van der Waals surface area contributed by atoms with Gasteiger partial charge in [0.1, 0.15) is 0 Å². The average molecular weight is 258 g/mol. The van der Waals surface area contributed by atoms with Gasteiger partial charge in [-0.2, -0.15) is 0 Å². The molecule has 0 aromatic heterocycles. The van der Waals surface area contributed by atoms with E-state index in [0.29, 0.717) is 24.2 Å². The fraction of sp³-hybridized carbons (Fsp3) is 0.455. The van der Waals surface area contributed by atoms with Gasteiger partial charge < -0.3 is 10.4 Å². The third kappa shape index (κ3) is 5.16. The van der Waals surface area contributed by atoms with E-state index in [1.165, 1.54) is 0 Å². The molecular formula is C11H18N2O3S. The molecule has 96 valence electrons. The molecule has 0 saturated carbocycles.